The number of pyridine rings is 1. The highest BCUT2D eigenvalue weighted by Crippen LogP contribution is 2.41. The average molecular weight is 420 g/mol. The van der Waals surface area contributed by atoms with Crippen LogP contribution in [0, 0.1) is 0 Å². The van der Waals surface area contributed by atoms with Crippen molar-refractivity contribution in [3.8, 4) is 11.3 Å². The lowest BCUT2D eigenvalue weighted by atomic mass is 9.82. The summed E-state index contributed by atoms with van der Waals surface area (Å²) in [5, 5.41) is 3.97. The molecule has 3 heterocycles. The Morgan fingerprint density at radius 2 is 1.97 bits per heavy atom. The fourth-order valence-electron chi connectivity index (χ4n) is 3.56. The lowest BCUT2D eigenvalue weighted by molar-refractivity contribution is 0.393. The minimum absolute atomic E-state index is 0.338. The fourth-order valence-corrected chi connectivity index (χ4v) is 3.73. The van der Waals surface area contributed by atoms with E-state index in [9.17, 15) is 0 Å². The van der Waals surface area contributed by atoms with Crippen molar-refractivity contribution < 1.29 is 8.83 Å². The molecule has 1 aliphatic rings. The van der Waals surface area contributed by atoms with Crippen molar-refractivity contribution in [2.24, 2.45) is 5.73 Å². The maximum atomic E-state index is 6.21. The zero-order chi connectivity index (χ0) is 20.7. The van der Waals surface area contributed by atoms with E-state index in [-0.39, 0.29) is 0 Å². The summed E-state index contributed by atoms with van der Waals surface area (Å²) in [6, 6.07) is 9.41. The molecule has 0 radical (unpaired) electrons. The van der Waals surface area contributed by atoms with Crippen LogP contribution in [0.3, 0.4) is 0 Å². The molecule has 4 aromatic rings. The van der Waals surface area contributed by atoms with Crippen LogP contribution in [-0.2, 0) is 5.54 Å². The quantitative estimate of drug-likeness (QED) is 0.478. The highest BCUT2D eigenvalue weighted by Gasteiger charge is 2.42. The number of oxazole rings is 2. The highest BCUT2D eigenvalue weighted by molar-refractivity contribution is 6.31. The standard InChI is InChI=1S/C22H18ClN5O2/c1-13-2-4-16(24)11-22(13,20-27-17-5-3-15(23)10-18(17)29-20)28-21-26-12-19(30-21)14-6-8-25-9-7-14/h2-10,12H,11,24H2,1H3,(H,26,28). The van der Waals surface area contributed by atoms with Crippen molar-refractivity contribution in [2.75, 3.05) is 5.32 Å². The molecule has 1 atom stereocenters. The zero-order valence-electron chi connectivity index (χ0n) is 16.1. The highest BCUT2D eigenvalue weighted by atomic mass is 35.5. The Hall–Kier alpha value is -3.58. The lowest BCUT2D eigenvalue weighted by Crippen LogP contribution is -2.40. The lowest BCUT2D eigenvalue weighted by Gasteiger charge is -2.34. The number of nitrogens with zero attached hydrogens (tertiary/aromatic N) is 3. The summed E-state index contributed by atoms with van der Waals surface area (Å²) < 4.78 is 12.1. The van der Waals surface area contributed by atoms with Crippen molar-refractivity contribution in [1.82, 2.24) is 15.0 Å². The van der Waals surface area contributed by atoms with Crippen LogP contribution in [0.1, 0.15) is 19.2 Å². The second-order valence-corrected chi connectivity index (χ2v) is 7.63. The minimum Gasteiger partial charge on any atom is -0.438 e. The molecule has 150 valence electrons. The van der Waals surface area contributed by atoms with E-state index in [2.05, 4.69) is 15.3 Å². The van der Waals surface area contributed by atoms with Crippen LogP contribution in [-0.4, -0.2) is 15.0 Å². The second-order valence-electron chi connectivity index (χ2n) is 7.19. The molecule has 30 heavy (non-hydrogen) atoms. The summed E-state index contributed by atoms with van der Waals surface area (Å²) in [6.45, 7) is 1.99. The third-order valence-corrected chi connectivity index (χ3v) is 5.43. The summed E-state index contributed by atoms with van der Waals surface area (Å²) in [7, 11) is 0. The van der Waals surface area contributed by atoms with E-state index in [1.165, 1.54) is 0 Å². The van der Waals surface area contributed by atoms with Crippen LogP contribution in [0.2, 0.25) is 5.02 Å². The first-order valence-corrected chi connectivity index (χ1v) is 9.76. The van der Waals surface area contributed by atoms with Gasteiger partial charge in [0.1, 0.15) is 11.1 Å². The third-order valence-electron chi connectivity index (χ3n) is 5.20. The first kappa shape index (κ1) is 18.4. The summed E-state index contributed by atoms with van der Waals surface area (Å²) >= 11 is 6.12. The Morgan fingerprint density at radius 1 is 1.13 bits per heavy atom. The van der Waals surface area contributed by atoms with Gasteiger partial charge in [-0.15, -0.1) is 0 Å². The van der Waals surface area contributed by atoms with E-state index in [1.54, 1.807) is 30.7 Å². The molecule has 0 spiro atoms. The number of rotatable bonds is 4. The molecule has 0 saturated carbocycles. The Balaban J connectivity index is 1.58. The van der Waals surface area contributed by atoms with Gasteiger partial charge in [0.25, 0.3) is 6.01 Å². The Bertz CT molecular complexity index is 1290. The van der Waals surface area contributed by atoms with Crippen molar-refractivity contribution in [1.29, 1.82) is 0 Å². The molecule has 1 unspecified atom stereocenters. The molecule has 0 amide bonds. The van der Waals surface area contributed by atoms with E-state index in [4.69, 9.17) is 31.2 Å². The van der Waals surface area contributed by atoms with E-state index in [0.29, 0.717) is 45.9 Å². The van der Waals surface area contributed by atoms with Crippen molar-refractivity contribution in [2.45, 2.75) is 18.9 Å². The minimum atomic E-state index is -0.843. The molecule has 0 fully saturated rings. The molecule has 0 saturated heterocycles. The maximum absolute atomic E-state index is 6.21. The number of benzene rings is 1. The molecule has 1 aromatic carbocycles. The van der Waals surface area contributed by atoms with Gasteiger partial charge in [0, 0.05) is 41.2 Å². The summed E-state index contributed by atoms with van der Waals surface area (Å²) in [5.41, 5.74) is 9.22. The normalized spacial score (nSPS) is 18.9. The number of fused-ring (bicyclic) bond motifs is 1. The van der Waals surface area contributed by atoms with Crippen LogP contribution >= 0.6 is 11.6 Å². The first-order chi connectivity index (χ1) is 14.5. The van der Waals surface area contributed by atoms with Gasteiger partial charge < -0.3 is 19.9 Å². The molecule has 8 heteroatoms. The van der Waals surface area contributed by atoms with Crippen LogP contribution in [0.4, 0.5) is 6.01 Å². The smallest absolute Gasteiger partial charge is 0.296 e. The number of halogens is 1. The Kier molecular flexibility index (Phi) is 4.33. The SMILES string of the molecule is CC1=CC=C(N)CC1(Nc1ncc(-c2ccncc2)o1)c1nc2ccc(Cl)cc2o1. The van der Waals surface area contributed by atoms with Crippen LogP contribution < -0.4 is 11.1 Å². The first-order valence-electron chi connectivity index (χ1n) is 9.38. The van der Waals surface area contributed by atoms with Gasteiger partial charge >= 0.3 is 0 Å². The van der Waals surface area contributed by atoms with Crippen LogP contribution in [0.25, 0.3) is 22.4 Å². The number of hydrogen-bond donors (Lipinski definition) is 2. The van der Waals surface area contributed by atoms with Crippen LogP contribution in [0.15, 0.2) is 81.2 Å². The molecule has 5 rings (SSSR count). The fraction of sp³-hybridized carbons (Fsp3) is 0.136. The van der Waals surface area contributed by atoms with Gasteiger partial charge in [-0.1, -0.05) is 17.7 Å². The number of hydrogen-bond acceptors (Lipinski definition) is 7. The van der Waals surface area contributed by atoms with Gasteiger partial charge in [-0.25, -0.2) is 9.97 Å². The van der Waals surface area contributed by atoms with E-state index >= 15 is 0 Å². The van der Waals surface area contributed by atoms with E-state index in [1.807, 2.05) is 37.3 Å². The summed E-state index contributed by atoms with van der Waals surface area (Å²) in [5.74, 6) is 1.09. The predicted molar refractivity (Wildman–Crippen MR) is 115 cm³/mol. The van der Waals surface area contributed by atoms with Gasteiger partial charge in [0.2, 0.25) is 5.89 Å². The van der Waals surface area contributed by atoms with E-state index in [0.717, 1.165) is 11.1 Å². The molecule has 1 aliphatic carbocycles. The van der Waals surface area contributed by atoms with Crippen LogP contribution in [0.5, 0.6) is 0 Å². The molecule has 3 aromatic heterocycles. The molecule has 7 nitrogen and oxygen atoms in total. The number of allylic oxidation sites excluding steroid dienone is 2. The van der Waals surface area contributed by atoms with E-state index < -0.39 is 5.54 Å². The van der Waals surface area contributed by atoms with Gasteiger partial charge in [-0.2, -0.15) is 0 Å². The Labute approximate surface area is 177 Å². The number of aromatic nitrogens is 3. The van der Waals surface area contributed by atoms with Gasteiger partial charge in [0.05, 0.1) is 6.20 Å². The van der Waals surface area contributed by atoms with Crippen molar-refractivity contribution in [3.63, 3.8) is 0 Å². The molecule has 0 aliphatic heterocycles. The summed E-state index contributed by atoms with van der Waals surface area (Å²) in [6.07, 6.45) is 9.35. The maximum Gasteiger partial charge on any atom is 0.296 e. The largest absolute Gasteiger partial charge is 0.438 e. The predicted octanol–water partition coefficient (Wildman–Crippen LogP) is 5.03. The van der Waals surface area contributed by atoms with Gasteiger partial charge in [-0.3, -0.25) is 4.98 Å². The summed E-state index contributed by atoms with van der Waals surface area (Å²) in [4.78, 5) is 13.1. The topological polar surface area (TPSA) is 103 Å². The molecule has 3 N–H and O–H groups in total. The number of nitrogens with two attached hydrogens (primary N) is 1. The van der Waals surface area contributed by atoms with Gasteiger partial charge in [0.15, 0.2) is 11.3 Å². The number of nitrogens with one attached hydrogen (secondary N) is 1. The molecule has 0 bridgehead atoms. The monoisotopic (exact) mass is 419 g/mol. The Morgan fingerprint density at radius 3 is 2.80 bits per heavy atom. The van der Waals surface area contributed by atoms with Gasteiger partial charge in [-0.05, 0) is 42.8 Å². The van der Waals surface area contributed by atoms with Crippen molar-refractivity contribution in [3.05, 3.63) is 83.3 Å². The molecular weight excluding hydrogens is 402 g/mol. The second kappa shape index (κ2) is 7.03. The zero-order valence-corrected chi connectivity index (χ0v) is 16.8. The third kappa shape index (κ3) is 3.13. The number of anilines is 1. The molecular formula is C22H18ClN5O2. The average Bonchev–Trinajstić information content (AvgIpc) is 3.38. The van der Waals surface area contributed by atoms with Crippen molar-refractivity contribution >= 4 is 28.7 Å².